The van der Waals surface area contributed by atoms with Crippen LogP contribution in [0, 0.1) is 0 Å². The second-order valence-corrected chi connectivity index (χ2v) is 9.33. The summed E-state index contributed by atoms with van der Waals surface area (Å²) in [6.45, 7) is 0.257. The molecule has 1 saturated carbocycles. The summed E-state index contributed by atoms with van der Waals surface area (Å²) in [6, 6.07) is 10.3. The Morgan fingerprint density at radius 3 is 2.61 bits per heavy atom. The number of benzene rings is 1. The molecule has 0 atom stereocenters. The van der Waals surface area contributed by atoms with E-state index in [1.165, 1.54) is 6.26 Å². The Bertz CT molecular complexity index is 916. The smallest absolute Gasteiger partial charge is 0.291 e. The van der Waals surface area contributed by atoms with Crippen molar-refractivity contribution in [3.8, 4) is 0 Å². The monoisotopic (exact) mass is 404 g/mol. The van der Waals surface area contributed by atoms with Crippen molar-refractivity contribution >= 4 is 27.3 Å². The molecule has 0 aliphatic heterocycles. The number of carbonyl (C=O) groups is 2. The highest BCUT2D eigenvalue weighted by atomic mass is 32.2. The van der Waals surface area contributed by atoms with Crippen LogP contribution in [0.5, 0.6) is 0 Å². The van der Waals surface area contributed by atoms with Gasteiger partial charge in [0, 0.05) is 18.7 Å². The maximum atomic E-state index is 12.2. The van der Waals surface area contributed by atoms with Gasteiger partial charge in [0.2, 0.25) is 5.91 Å². The molecule has 1 aromatic heterocycles. The van der Waals surface area contributed by atoms with E-state index in [1.54, 1.807) is 30.3 Å². The Hall–Kier alpha value is -2.61. The maximum absolute atomic E-state index is 12.2. The van der Waals surface area contributed by atoms with Crippen molar-refractivity contribution in [1.82, 2.24) is 5.32 Å². The van der Waals surface area contributed by atoms with Gasteiger partial charge in [-0.3, -0.25) is 9.59 Å². The van der Waals surface area contributed by atoms with E-state index in [0.29, 0.717) is 18.5 Å². The number of anilines is 1. The van der Waals surface area contributed by atoms with Gasteiger partial charge < -0.3 is 15.1 Å². The van der Waals surface area contributed by atoms with Crippen molar-refractivity contribution in [3.05, 3.63) is 54.0 Å². The van der Waals surface area contributed by atoms with Crippen LogP contribution >= 0.6 is 0 Å². The van der Waals surface area contributed by atoms with Crippen molar-refractivity contribution in [1.29, 1.82) is 0 Å². The highest BCUT2D eigenvalue weighted by molar-refractivity contribution is 7.92. The van der Waals surface area contributed by atoms with Gasteiger partial charge in [0.15, 0.2) is 15.6 Å². The van der Waals surface area contributed by atoms with Crippen LogP contribution in [0.3, 0.4) is 0 Å². The Morgan fingerprint density at radius 1 is 1.11 bits per heavy atom. The summed E-state index contributed by atoms with van der Waals surface area (Å²) in [7, 11) is -3.20. The molecule has 2 aromatic rings. The lowest BCUT2D eigenvalue weighted by atomic mass is 10.2. The topological polar surface area (TPSA) is 105 Å². The van der Waals surface area contributed by atoms with E-state index in [1.807, 2.05) is 6.07 Å². The summed E-state index contributed by atoms with van der Waals surface area (Å²) in [5, 5.41) is 5.18. The molecular formula is C20H24N2O5S. The fourth-order valence-corrected chi connectivity index (χ4v) is 5.15. The highest BCUT2D eigenvalue weighted by Crippen LogP contribution is 2.25. The Labute approximate surface area is 164 Å². The molecule has 7 nitrogen and oxygen atoms in total. The largest absolute Gasteiger partial charge is 0.459 e. The second kappa shape index (κ2) is 9.05. The maximum Gasteiger partial charge on any atom is 0.291 e. The third-order valence-electron chi connectivity index (χ3n) is 4.84. The van der Waals surface area contributed by atoms with Crippen LogP contribution in [-0.2, 0) is 21.2 Å². The van der Waals surface area contributed by atoms with Gasteiger partial charge in [0.25, 0.3) is 5.91 Å². The standard InChI is InChI=1S/C20H24N2O5S/c23-19(10-12-28(25,26)17-7-1-2-8-17)21-14-15-5-3-6-16(13-15)22-20(24)18-9-4-11-27-18/h3-6,9,11,13,17H,1-2,7-8,10,12,14H2,(H,21,23)(H,22,24). The van der Waals surface area contributed by atoms with Crippen molar-refractivity contribution in [2.45, 2.75) is 43.9 Å². The molecule has 1 aliphatic carbocycles. The number of sulfone groups is 1. The predicted molar refractivity (Wildman–Crippen MR) is 106 cm³/mol. The molecule has 1 aromatic carbocycles. The van der Waals surface area contributed by atoms with Gasteiger partial charge in [-0.2, -0.15) is 0 Å². The molecule has 8 heteroatoms. The molecule has 150 valence electrons. The first kappa shape index (κ1) is 20.1. The normalized spacial score (nSPS) is 14.7. The fourth-order valence-electron chi connectivity index (χ4n) is 3.30. The summed E-state index contributed by atoms with van der Waals surface area (Å²) >= 11 is 0. The van der Waals surface area contributed by atoms with Crippen LogP contribution in [0.4, 0.5) is 5.69 Å². The van der Waals surface area contributed by atoms with E-state index in [4.69, 9.17) is 4.42 Å². The van der Waals surface area contributed by atoms with Crippen LogP contribution in [-0.4, -0.2) is 31.2 Å². The Kier molecular flexibility index (Phi) is 6.51. The molecule has 1 heterocycles. The number of amides is 2. The molecule has 2 amide bonds. The SMILES string of the molecule is O=C(CCS(=O)(=O)C1CCCC1)NCc1cccc(NC(=O)c2ccco2)c1. The first-order valence-electron chi connectivity index (χ1n) is 9.36. The molecule has 3 rings (SSSR count). The zero-order valence-corrected chi connectivity index (χ0v) is 16.3. The number of carbonyl (C=O) groups excluding carboxylic acids is 2. The van der Waals surface area contributed by atoms with Crippen molar-refractivity contribution in [3.63, 3.8) is 0 Å². The zero-order valence-electron chi connectivity index (χ0n) is 15.5. The van der Waals surface area contributed by atoms with Crippen LogP contribution in [0.25, 0.3) is 0 Å². The van der Waals surface area contributed by atoms with Gasteiger partial charge >= 0.3 is 0 Å². The molecule has 0 saturated heterocycles. The molecule has 1 fully saturated rings. The van der Waals surface area contributed by atoms with E-state index in [2.05, 4.69) is 10.6 Å². The molecule has 0 radical (unpaired) electrons. The predicted octanol–water partition coefficient (Wildman–Crippen LogP) is 2.90. The van der Waals surface area contributed by atoms with Gasteiger partial charge in [0.05, 0.1) is 17.3 Å². The van der Waals surface area contributed by atoms with E-state index in [9.17, 15) is 18.0 Å². The quantitative estimate of drug-likeness (QED) is 0.704. The molecule has 28 heavy (non-hydrogen) atoms. The molecule has 0 spiro atoms. The number of rotatable bonds is 8. The Morgan fingerprint density at radius 2 is 1.89 bits per heavy atom. The van der Waals surface area contributed by atoms with Gasteiger partial charge in [0.1, 0.15) is 0 Å². The van der Waals surface area contributed by atoms with E-state index < -0.39 is 9.84 Å². The van der Waals surface area contributed by atoms with Gasteiger partial charge in [-0.1, -0.05) is 25.0 Å². The van der Waals surface area contributed by atoms with Gasteiger partial charge in [-0.15, -0.1) is 0 Å². The lowest BCUT2D eigenvalue weighted by molar-refractivity contribution is -0.120. The number of hydrogen-bond donors (Lipinski definition) is 2. The van der Waals surface area contributed by atoms with Crippen LogP contribution < -0.4 is 10.6 Å². The third-order valence-corrected chi connectivity index (χ3v) is 7.10. The molecular weight excluding hydrogens is 380 g/mol. The van der Waals surface area contributed by atoms with Gasteiger partial charge in [-0.05, 0) is 42.7 Å². The number of nitrogens with one attached hydrogen (secondary N) is 2. The fraction of sp³-hybridized carbons (Fsp3) is 0.400. The lowest BCUT2D eigenvalue weighted by Crippen LogP contribution is -2.28. The first-order valence-corrected chi connectivity index (χ1v) is 11.1. The number of hydrogen-bond acceptors (Lipinski definition) is 5. The van der Waals surface area contributed by atoms with E-state index in [0.717, 1.165) is 18.4 Å². The van der Waals surface area contributed by atoms with Gasteiger partial charge in [-0.25, -0.2) is 8.42 Å². The van der Waals surface area contributed by atoms with Crippen LogP contribution in [0.1, 0.15) is 48.2 Å². The minimum atomic E-state index is -3.20. The van der Waals surface area contributed by atoms with E-state index >= 15 is 0 Å². The van der Waals surface area contributed by atoms with E-state index in [-0.39, 0.29) is 41.5 Å². The van der Waals surface area contributed by atoms with Crippen molar-refractivity contribution in [2.75, 3.05) is 11.1 Å². The lowest BCUT2D eigenvalue weighted by Gasteiger charge is -2.11. The number of furan rings is 1. The van der Waals surface area contributed by atoms with Crippen molar-refractivity contribution < 1.29 is 22.4 Å². The molecule has 1 aliphatic rings. The summed E-state index contributed by atoms with van der Waals surface area (Å²) in [5.41, 5.74) is 1.38. The summed E-state index contributed by atoms with van der Waals surface area (Å²) < 4.78 is 29.5. The molecule has 0 bridgehead atoms. The molecule has 2 N–H and O–H groups in total. The molecule has 0 unspecified atom stereocenters. The summed E-state index contributed by atoms with van der Waals surface area (Å²) in [4.78, 5) is 24.0. The minimum Gasteiger partial charge on any atom is -0.459 e. The summed E-state index contributed by atoms with van der Waals surface area (Å²) in [5.74, 6) is -0.556. The van der Waals surface area contributed by atoms with Crippen molar-refractivity contribution in [2.24, 2.45) is 0 Å². The summed E-state index contributed by atoms with van der Waals surface area (Å²) in [6.07, 6.45) is 4.70. The first-order chi connectivity index (χ1) is 13.4. The van der Waals surface area contributed by atoms with Crippen LogP contribution in [0.2, 0.25) is 0 Å². The second-order valence-electron chi connectivity index (χ2n) is 6.93. The third kappa shape index (κ3) is 5.45. The Balaban J connectivity index is 1.47. The zero-order chi connectivity index (χ0) is 20.0. The van der Waals surface area contributed by atoms with Crippen LogP contribution in [0.15, 0.2) is 47.1 Å². The average Bonchev–Trinajstić information content (AvgIpc) is 3.39. The average molecular weight is 404 g/mol. The minimum absolute atomic E-state index is 0.0340. The highest BCUT2D eigenvalue weighted by Gasteiger charge is 2.28.